The summed E-state index contributed by atoms with van der Waals surface area (Å²) in [7, 11) is 0. The molecule has 3 rings (SSSR count). The van der Waals surface area contributed by atoms with Crippen molar-refractivity contribution in [3.8, 4) is 11.6 Å². The van der Waals surface area contributed by atoms with Crippen molar-refractivity contribution in [1.29, 1.82) is 0 Å². The highest BCUT2D eigenvalue weighted by molar-refractivity contribution is 5.92. The third kappa shape index (κ3) is 5.78. The SMILES string of the molecule is CCC(C)C(=O)Nc1cccc(CNC(=O)CCc2nc(-c3ccco3)no2)c1. The Morgan fingerprint density at radius 1 is 1.21 bits per heavy atom. The molecule has 0 fully saturated rings. The number of carbonyl (C=O) groups is 2. The van der Waals surface area contributed by atoms with Gasteiger partial charge in [-0.1, -0.05) is 31.1 Å². The van der Waals surface area contributed by atoms with Crippen molar-refractivity contribution in [2.24, 2.45) is 5.92 Å². The van der Waals surface area contributed by atoms with E-state index in [9.17, 15) is 9.59 Å². The van der Waals surface area contributed by atoms with Crippen molar-refractivity contribution in [2.45, 2.75) is 39.7 Å². The minimum atomic E-state index is -0.128. The van der Waals surface area contributed by atoms with Gasteiger partial charge in [-0.2, -0.15) is 4.98 Å². The molecule has 2 amide bonds. The van der Waals surface area contributed by atoms with Crippen LogP contribution in [0, 0.1) is 5.92 Å². The van der Waals surface area contributed by atoms with Crippen molar-refractivity contribution < 1.29 is 18.5 Å². The quantitative estimate of drug-likeness (QED) is 0.572. The van der Waals surface area contributed by atoms with Gasteiger partial charge in [0.2, 0.25) is 23.5 Å². The van der Waals surface area contributed by atoms with Crippen LogP contribution in [0.4, 0.5) is 5.69 Å². The third-order valence-electron chi connectivity index (χ3n) is 4.52. The molecule has 0 aliphatic rings. The Labute approximate surface area is 168 Å². The number of hydrogen-bond donors (Lipinski definition) is 2. The maximum absolute atomic E-state index is 12.1. The van der Waals surface area contributed by atoms with Gasteiger partial charge in [-0.3, -0.25) is 9.59 Å². The number of aryl methyl sites for hydroxylation is 1. The highest BCUT2D eigenvalue weighted by Crippen LogP contribution is 2.16. The van der Waals surface area contributed by atoms with E-state index in [0.717, 1.165) is 17.7 Å². The first-order chi connectivity index (χ1) is 14.0. The van der Waals surface area contributed by atoms with Gasteiger partial charge in [0.05, 0.1) is 6.26 Å². The number of furan rings is 1. The van der Waals surface area contributed by atoms with Gasteiger partial charge in [-0.25, -0.2) is 0 Å². The van der Waals surface area contributed by atoms with E-state index >= 15 is 0 Å². The van der Waals surface area contributed by atoms with Gasteiger partial charge >= 0.3 is 0 Å². The summed E-state index contributed by atoms with van der Waals surface area (Å²) in [6, 6.07) is 10.9. The predicted molar refractivity (Wildman–Crippen MR) is 107 cm³/mol. The number of anilines is 1. The molecule has 8 heteroatoms. The summed E-state index contributed by atoms with van der Waals surface area (Å²) in [5.74, 6) is 1.07. The summed E-state index contributed by atoms with van der Waals surface area (Å²) < 4.78 is 10.3. The number of aromatic nitrogens is 2. The fourth-order valence-electron chi connectivity index (χ4n) is 2.58. The molecule has 2 heterocycles. The predicted octanol–water partition coefficient (Wildman–Crippen LogP) is 3.56. The molecule has 0 radical (unpaired) electrons. The van der Waals surface area contributed by atoms with Crippen molar-refractivity contribution in [2.75, 3.05) is 5.32 Å². The van der Waals surface area contributed by atoms with E-state index in [2.05, 4.69) is 20.8 Å². The smallest absolute Gasteiger partial charge is 0.238 e. The highest BCUT2D eigenvalue weighted by Gasteiger charge is 2.13. The van der Waals surface area contributed by atoms with Crippen LogP contribution in [0.3, 0.4) is 0 Å². The molecule has 29 heavy (non-hydrogen) atoms. The first kappa shape index (κ1) is 20.3. The maximum Gasteiger partial charge on any atom is 0.238 e. The first-order valence-corrected chi connectivity index (χ1v) is 9.58. The average molecular weight is 396 g/mol. The molecule has 0 bridgehead atoms. The Morgan fingerprint density at radius 3 is 2.83 bits per heavy atom. The molecule has 1 atom stereocenters. The standard InChI is InChI=1S/C21H24N4O4/c1-3-14(2)21(27)23-16-7-4-6-15(12-16)13-22-18(26)9-10-19-24-20(25-29-19)17-8-5-11-28-17/h4-8,11-12,14H,3,9-10,13H2,1-2H3,(H,22,26)(H,23,27). The van der Waals surface area contributed by atoms with E-state index in [-0.39, 0.29) is 24.2 Å². The van der Waals surface area contributed by atoms with Gasteiger partial charge < -0.3 is 19.6 Å². The minimum Gasteiger partial charge on any atom is -0.461 e. The lowest BCUT2D eigenvalue weighted by Gasteiger charge is -2.11. The third-order valence-corrected chi connectivity index (χ3v) is 4.52. The number of nitrogens with one attached hydrogen (secondary N) is 2. The van der Waals surface area contributed by atoms with Crippen LogP contribution in [0.25, 0.3) is 11.6 Å². The second kappa shape index (κ2) is 9.68. The summed E-state index contributed by atoms with van der Waals surface area (Å²) >= 11 is 0. The zero-order valence-corrected chi connectivity index (χ0v) is 16.5. The van der Waals surface area contributed by atoms with Crippen LogP contribution in [0.15, 0.2) is 51.6 Å². The second-order valence-electron chi connectivity index (χ2n) is 6.76. The first-order valence-electron chi connectivity index (χ1n) is 9.58. The molecule has 0 aliphatic carbocycles. The van der Waals surface area contributed by atoms with E-state index in [1.807, 2.05) is 38.1 Å². The van der Waals surface area contributed by atoms with Crippen molar-refractivity contribution in [1.82, 2.24) is 15.5 Å². The van der Waals surface area contributed by atoms with Crippen molar-refractivity contribution >= 4 is 17.5 Å². The van der Waals surface area contributed by atoms with Crippen molar-refractivity contribution in [3.05, 3.63) is 54.1 Å². The van der Waals surface area contributed by atoms with Crippen LogP contribution in [-0.4, -0.2) is 22.0 Å². The van der Waals surface area contributed by atoms with Crippen LogP contribution in [0.5, 0.6) is 0 Å². The topological polar surface area (TPSA) is 110 Å². The highest BCUT2D eigenvalue weighted by atomic mass is 16.5. The molecule has 1 aromatic carbocycles. The molecule has 0 saturated heterocycles. The fourth-order valence-corrected chi connectivity index (χ4v) is 2.58. The molecule has 0 spiro atoms. The molecule has 0 aliphatic heterocycles. The van der Waals surface area contributed by atoms with Crippen LogP contribution < -0.4 is 10.6 Å². The monoisotopic (exact) mass is 396 g/mol. The van der Waals surface area contributed by atoms with Gasteiger partial charge in [-0.15, -0.1) is 0 Å². The summed E-state index contributed by atoms with van der Waals surface area (Å²) in [4.78, 5) is 28.3. The summed E-state index contributed by atoms with van der Waals surface area (Å²) in [6.07, 6.45) is 2.88. The molecule has 2 N–H and O–H groups in total. The summed E-state index contributed by atoms with van der Waals surface area (Å²) in [5.41, 5.74) is 1.62. The Balaban J connectivity index is 1.46. The summed E-state index contributed by atoms with van der Waals surface area (Å²) in [5, 5.41) is 9.59. The molecular weight excluding hydrogens is 372 g/mol. The number of amides is 2. The largest absolute Gasteiger partial charge is 0.461 e. The van der Waals surface area contributed by atoms with Gasteiger partial charge in [0.15, 0.2) is 5.76 Å². The van der Waals surface area contributed by atoms with Crippen LogP contribution in [0.2, 0.25) is 0 Å². The molecular formula is C21H24N4O4. The van der Waals surface area contributed by atoms with E-state index < -0.39 is 0 Å². The number of benzene rings is 1. The number of nitrogens with zero attached hydrogens (tertiary/aromatic N) is 2. The minimum absolute atomic E-state index is 0.0119. The Bertz CT molecular complexity index is 949. The maximum atomic E-state index is 12.1. The van der Waals surface area contributed by atoms with Gasteiger partial charge in [-0.05, 0) is 36.2 Å². The Kier molecular flexibility index (Phi) is 6.78. The summed E-state index contributed by atoms with van der Waals surface area (Å²) in [6.45, 7) is 4.23. The zero-order valence-electron chi connectivity index (χ0n) is 16.5. The molecule has 1 unspecified atom stereocenters. The number of carbonyl (C=O) groups excluding carboxylic acids is 2. The second-order valence-corrected chi connectivity index (χ2v) is 6.76. The molecule has 2 aromatic heterocycles. The van der Waals surface area contributed by atoms with E-state index in [1.54, 1.807) is 12.1 Å². The molecule has 8 nitrogen and oxygen atoms in total. The van der Waals surface area contributed by atoms with Gasteiger partial charge in [0.1, 0.15) is 0 Å². The normalized spacial score (nSPS) is 11.8. The fraction of sp³-hybridized carbons (Fsp3) is 0.333. The van der Waals surface area contributed by atoms with E-state index in [1.165, 1.54) is 6.26 Å². The molecule has 152 valence electrons. The van der Waals surface area contributed by atoms with Crippen molar-refractivity contribution in [3.63, 3.8) is 0 Å². The van der Waals surface area contributed by atoms with Crippen LogP contribution in [-0.2, 0) is 22.6 Å². The van der Waals surface area contributed by atoms with Gasteiger partial charge in [0.25, 0.3) is 0 Å². The number of hydrogen-bond acceptors (Lipinski definition) is 6. The lowest BCUT2D eigenvalue weighted by Crippen LogP contribution is -2.23. The average Bonchev–Trinajstić information content (AvgIpc) is 3.42. The Hall–Kier alpha value is -3.42. The zero-order chi connectivity index (χ0) is 20.6. The Morgan fingerprint density at radius 2 is 2.07 bits per heavy atom. The molecule has 0 saturated carbocycles. The van der Waals surface area contributed by atoms with Gasteiger partial charge in [0, 0.05) is 31.0 Å². The van der Waals surface area contributed by atoms with Crippen LogP contribution in [0.1, 0.15) is 38.1 Å². The van der Waals surface area contributed by atoms with E-state index in [4.69, 9.17) is 8.94 Å². The number of rotatable bonds is 9. The van der Waals surface area contributed by atoms with E-state index in [0.29, 0.717) is 30.4 Å². The van der Waals surface area contributed by atoms with Crippen LogP contribution >= 0.6 is 0 Å². The molecule has 3 aromatic rings. The lowest BCUT2D eigenvalue weighted by atomic mass is 10.1. The lowest BCUT2D eigenvalue weighted by molar-refractivity contribution is -0.121.